The van der Waals surface area contributed by atoms with Crippen LogP contribution in [0.5, 0.6) is 0 Å². The molecule has 3 aromatic rings. The molecule has 3 aliphatic rings. The quantitative estimate of drug-likeness (QED) is 0.425. The molecule has 0 spiro atoms. The van der Waals surface area contributed by atoms with Crippen LogP contribution in [0.25, 0.3) is 0 Å². The highest BCUT2D eigenvalue weighted by molar-refractivity contribution is 5.71. The van der Waals surface area contributed by atoms with E-state index in [-0.39, 0.29) is 17.7 Å². The minimum Gasteiger partial charge on any atom is -0.399 e. The number of benzene rings is 3. The first-order valence-electron chi connectivity index (χ1n) is 7.71. The molecule has 23 heavy (non-hydrogen) atoms. The van der Waals surface area contributed by atoms with Gasteiger partial charge in [-0.2, -0.15) is 0 Å². The molecule has 0 heterocycles. The number of anilines is 2. The second-order valence-electron chi connectivity index (χ2n) is 6.42. The normalized spacial score (nSPS) is 19.9. The Morgan fingerprint density at radius 3 is 1.57 bits per heavy atom. The Morgan fingerprint density at radius 1 is 0.565 bits per heavy atom. The number of halogens is 1. The van der Waals surface area contributed by atoms with E-state index in [9.17, 15) is 4.39 Å². The van der Waals surface area contributed by atoms with Gasteiger partial charge in [0, 0.05) is 23.2 Å². The summed E-state index contributed by atoms with van der Waals surface area (Å²) in [5.74, 6) is -0.0664. The molecule has 0 saturated carbocycles. The summed E-state index contributed by atoms with van der Waals surface area (Å²) in [6.45, 7) is 0. The Labute approximate surface area is 133 Å². The first kappa shape index (κ1) is 12.7. The number of nitrogen functional groups attached to an aromatic ring is 2. The van der Waals surface area contributed by atoms with E-state index < -0.39 is 0 Å². The van der Waals surface area contributed by atoms with Gasteiger partial charge < -0.3 is 11.5 Å². The van der Waals surface area contributed by atoms with Crippen LogP contribution in [0.1, 0.15) is 45.2 Å². The van der Waals surface area contributed by atoms with Gasteiger partial charge in [0.2, 0.25) is 0 Å². The molecular formula is C20H15FN2. The standard InChI is InChI=1S/C20H15FN2/c21-10-1-4-13-16(7-10)20-15-6-3-11(22)8-17(15)19(13)14-5-2-12(23)9-18(14)20/h1-9,19-20H,22-23H2. The molecular weight excluding hydrogens is 287 g/mol. The van der Waals surface area contributed by atoms with Gasteiger partial charge in [-0.25, -0.2) is 4.39 Å². The summed E-state index contributed by atoms with van der Waals surface area (Å²) < 4.78 is 13.9. The average Bonchev–Trinajstić information content (AvgIpc) is 2.53. The number of hydrogen-bond acceptors (Lipinski definition) is 2. The third-order valence-electron chi connectivity index (χ3n) is 5.14. The molecule has 0 aromatic heterocycles. The summed E-state index contributed by atoms with van der Waals surface area (Å²) in [6, 6.07) is 17.2. The van der Waals surface area contributed by atoms with Gasteiger partial charge in [0.1, 0.15) is 5.82 Å². The van der Waals surface area contributed by atoms with Crippen LogP contribution in [0, 0.1) is 5.82 Å². The zero-order valence-electron chi connectivity index (χ0n) is 12.4. The Morgan fingerprint density at radius 2 is 1.00 bits per heavy atom. The second-order valence-corrected chi connectivity index (χ2v) is 6.42. The predicted molar refractivity (Wildman–Crippen MR) is 90.0 cm³/mol. The van der Waals surface area contributed by atoms with Crippen molar-refractivity contribution in [3.63, 3.8) is 0 Å². The second kappa shape index (κ2) is 4.13. The fourth-order valence-electron chi connectivity index (χ4n) is 4.28. The van der Waals surface area contributed by atoms with Gasteiger partial charge in [-0.05, 0) is 69.8 Å². The van der Waals surface area contributed by atoms with E-state index in [1.807, 2.05) is 24.3 Å². The van der Waals surface area contributed by atoms with Crippen molar-refractivity contribution < 1.29 is 4.39 Å². The molecule has 4 N–H and O–H groups in total. The summed E-state index contributed by atoms with van der Waals surface area (Å²) in [5, 5.41) is 0. The molecule has 112 valence electrons. The molecule has 2 atom stereocenters. The maximum atomic E-state index is 13.9. The molecule has 6 rings (SSSR count). The van der Waals surface area contributed by atoms with Crippen LogP contribution in [-0.2, 0) is 0 Å². The molecule has 2 nitrogen and oxygen atoms in total. The van der Waals surface area contributed by atoms with Crippen molar-refractivity contribution in [2.75, 3.05) is 11.5 Å². The SMILES string of the molecule is Nc1ccc2c(c1)C1c3ccc(N)cc3C2c2cc(F)ccc21. The zero-order valence-corrected chi connectivity index (χ0v) is 12.4. The van der Waals surface area contributed by atoms with Crippen molar-refractivity contribution >= 4 is 11.4 Å². The largest absolute Gasteiger partial charge is 0.399 e. The topological polar surface area (TPSA) is 52.0 Å². The average molecular weight is 302 g/mol. The maximum absolute atomic E-state index is 13.9. The first-order chi connectivity index (χ1) is 11.1. The summed E-state index contributed by atoms with van der Waals surface area (Å²) in [6.07, 6.45) is 0. The van der Waals surface area contributed by atoms with E-state index in [0.29, 0.717) is 0 Å². The number of nitrogens with two attached hydrogens (primary N) is 2. The highest BCUT2D eigenvalue weighted by Crippen LogP contribution is 2.56. The zero-order chi connectivity index (χ0) is 15.7. The van der Waals surface area contributed by atoms with Crippen molar-refractivity contribution in [2.24, 2.45) is 0 Å². The van der Waals surface area contributed by atoms with Crippen molar-refractivity contribution in [3.05, 3.63) is 93.8 Å². The molecule has 3 aromatic carbocycles. The van der Waals surface area contributed by atoms with Gasteiger partial charge >= 0.3 is 0 Å². The molecule has 3 heteroatoms. The van der Waals surface area contributed by atoms with Crippen LogP contribution in [0.2, 0.25) is 0 Å². The molecule has 0 saturated heterocycles. The molecule has 0 fully saturated rings. The van der Waals surface area contributed by atoms with Gasteiger partial charge in [0.05, 0.1) is 0 Å². The van der Waals surface area contributed by atoms with Gasteiger partial charge in [0.15, 0.2) is 0 Å². The Hall–Kier alpha value is -2.81. The molecule has 0 radical (unpaired) electrons. The third-order valence-corrected chi connectivity index (χ3v) is 5.14. The van der Waals surface area contributed by atoms with E-state index in [4.69, 9.17) is 11.5 Å². The lowest BCUT2D eigenvalue weighted by molar-refractivity contribution is 0.619. The summed E-state index contributed by atoms with van der Waals surface area (Å²) in [4.78, 5) is 0. The van der Waals surface area contributed by atoms with Gasteiger partial charge in [-0.3, -0.25) is 0 Å². The van der Waals surface area contributed by atoms with Crippen molar-refractivity contribution in [2.45, 2.75) is 11.8 Å². The molecule has 3 aliphatic carbocycles. The predicted octanol–water partition coefficient (Wildman–Crippen LogP) is 3.98. The van der Waals surface area contributed by atoms with Gasteiger partial charge in [-0.1, -0.05) is 18.2 Å². The lowest BCUT2D eigenvalue weighted by Gasteiger charge is -2.42. The van der Waals surface area contributed by atoms with E-state index in [1.54, 1.807) is 12.1 Å². The number of rotatable bonds is 0. The van der Waals surface area contributed by atoms with Crippen LogP contribution in [0.15, 0.2) is 54.6 Å². The van der Waals surface area contributed by atoms with Crippen LogP contribution in [-0.4, -0.2) is 0 Å². The highest BCUT2D eigenvalue weighted by Gasteiger charge is 2.41. The molecule has 2 unspecified atom stereocenters. The minimum absolute atomic E-state index is 0.0276. The lowest BCUT2D eigenvalue weighted by atomic mass is 9.61. The Balaban J connectivity index is 1.90. The van der Waals surface area contributed by atoms with E-state index in [0.717, 1.165) is 16.9 Å². The van der Waals surface area contributed by atoms with Crippen molar-refractivity contribution in [1.29, 1.82) is 0 Å². The summed E-state index contributed by atoms with van der Waals surface area (Å²) >= 11 is 0. The monoisotopic (exact) mass is 302 g/mol. The molecule has 0 aliphatic heterocycles. The van der Waals surface area contributed by atoms with Crippen molar-refractivity contribution in [1.82, 2.24) is 0 Å². The van der Waals surface area contributed by atoms with Crippen molar-refractivity contribution in [3.8, 4) is 0 Å². The van der Waals surface area contributed by atoms with E-state index in [1.165, 1.54) is 27.8 Å². The fraction of sp³-hybridized carbons (Fsp3) is 0.100. The van der Waals surface area contributed by atoms with Crippen LogP contribution in [0.3, 0.4) is 0 Å². The molecule has 2 bridgehead atoms. The van der Waals surface area contributed by atoms with Crippen LogP contribution < -0.4 is 11.5 Å². The van der Waals surface area contributed by atoms with Gasteiger partial charge in [0.25, 0.3) is 0 Å². The first-order valence-corrected chi connectivity index (χ1v) is 7.71. The van der Waals surface area contributed by atoms with Gasteiger partial charge in [-0.15, -0.1) is 0 Å². The maximum Gasteiger partial charge on any atom is 0.123 e. The fourth-order valence-corrected chi connectivity index (χ4v) is 4.28. The Kier molecular flexibility index (Phi) is 2.28. The van der Waals surface area contributed by atoms with E-state index in [2.05, 4.69) is 18.2 Å². The Bertz CT molecular complexity index is 924. The third kappa shape index (κ3) is 1.57. The highest BCUT2D eigenvalue weighted by atomic mass is 19.1. The smallest absolute Gasteiger partial charge is 0.123 e. The lowest BCUT2D eigenvalue weighted by Crippen LogP contribution is -2.28. The van der Waals surface area contributed by atoms with E-state index >= 15 is 0 Å². The minimum atomic E-state index is -0.196. The van der Waals surface area contributed by atoms with Crippen LogP contribution in [0.4, 0.5) is 15.8 Å². The summed E-state index contributed by atoms with van der Waals surface area (Å²) in [7, 11) is 0. The number of hydrogen-bond donors (Lipinski definition) is 2. The molecule has 0 amide bonds. The summed E-state index contributed by atoms with van der Waals surface area (Å²) in [5.41, 5.74) is 20.6. The van der Waals surface area contributed by atoms with Crippen LogP contribution >= 0.6 is 0 Å².